The van der Waals surface area contributed by atoms with Gasteiger partial charge in [0.1, 0.15) is 11.4 Å². The summed E-state index contributed by atoms with van der Waals surface area (Å²) in [4.78, 5) is 19.3. The highest BCUT2D eigenvalue weighted by atomic mass is 16.5. The molecule has 1 aromatic carbocycles. The normalized spacial score (nSPS) is 12.5. The monoisotopic (exact) mass is 324 g/mol. The summed E-state index contributed by atoms with van der Waals surface area (Å²) in [7, 11) is 0. The molecule has 1 unspecified atom stereocenters. The zero-order chi connectivity index (χ0) is 17.1. The fraction of sp³-hybridized carbons (Fsp3) is 0.263. The molecule has 0 radical (unpaired) electrons. The molecular weight excluding hydrogens is 304 g/mol. The Morgan fingerprint density at radius 2 is 2.00 bits per heavy atom. The Labute approximate surface area is 140 Å². The first-order valence-electron chi connectivity index (χ1n) is 7.95. The standard InChI is InChI=1S/C19H20N2O3/c1-12(2)24-16-8-9-20-18-17(16)15(11-21-18)14(19(22)23)10-13-6-4-3-5-7-13/h3-9,11-12,14H,10H2,1-2H3,(H,20,21)(H,22,23). The van der Waals surface area contributed by atoms with Crippen LogP contribution in [0.4, 0.5) is 0 Å². The van der Waals surface area contributed by atoms with E-state index in [1.54, 1.807) is 18.5 Å². The molecule has 0 amide bonds. The number of hydrogen-bond donors (Lipinski definition) is 2. The lowest BCUT2D eigenvalue weighted by molar-refractivity contribution is -0.138. The van der Waals surface area contributed by atoms with E-state index >= 15 is 0 Å². The van der Waals surface area contributed by atoms with Crippen molar-refractivity contribution in [2.75, 3.05) is 0 Å². The van der Waals surface area contributed by atoms with Crippen molar-refractivity contribution >= 4 is 17.0 Å². The second-order valence-electron chi connectivity index (χ2n) is 6.02. The van der Waals surface area contributed by atoms with Crippen LogP contribution in [0.1, 0.15) is 30.9 Å². The van der Waals surface area contributed by atoms with Gasteiger partial charge in [-0.15, -0.1) is 0 Å². The number of rotatable bonds is 6. The highest BCUT2D eigenvalue weighted by Gasteiger charge is 2.25. The maximum atomic E-state index is 11.9. The smallest absolute Gasteiger partial charge is 0.311 e. The summed E-state index contributed by atoms with van der Waals surface area (Å²) in [5.41, 5.74) is 2.32. The number of fused-ring (bicyclic) bond motifs is 1. The number of hydrogen-bond acceptors (Lipinski definition) is 3. The number of aliphatic carboxylic acids is 1. The molecule has 124 valence electrons. The summed E-state index contributed by atoms with van der Waals surface area (Å²) in [6.07, 6.45) is 3.80. The average Bonchev–Trinajstić information content (AvgIpc) is 2.98. The van der Waals surface area contributed by atoms with E-state index in [-0.39, 0.29) is 6.10 Å². The fourth-order valence-electron chi connectivity index (χ4n) is 2.86. The van der Waals surface area contributed by atoms with Gasteiger partial charge in [0.2, 0.25) is 0 Å². The van der Waals surface area contributed by atoms with Gasteiger partial charge in [0.25, 0.3) is 0 Å². The predicted octanol–water partition coefficient (Wildman–Crippen LogP) is 3.76. The molecule has 3 rings (SSSR count). The Balaban J connectivity index is 2.06. The van der Waals surface area contributed by atoms with Crippen LogP contribution in [0, 0.1) is 0 Å². The lowest BCUT2D eigenvalue weighted by Gasteiger charge is -2.15. The van der Waals surface area contributed by atoms with Crippen molar-refractivity contribution in [3.05, 3.63) is 59.9 Å². The van der Waals surface area contributed by atoms with E-state index in [1.165, 1.54) is 0 Å². The van der Waals surface area contributed by atoms with Gasteiger partial charge < -0.3 is 14.8 Å². The van der Waals surface area contributed by atoms with Crippen LogP contribution < -0.4 is 4.74 Å². The van der Waals surface area contributed by atoms with Gasteiger partial charge in [0.15, 0.2) is 0 Å². The van der Waals surface area contributed by atoms with E-state index in [4.69, 9.17) is 4.74 Å². The van der Waals surface area contributed by atoms with Gasteiger partial charge in [0, 0.05) is 12.4 Å². The number of H-pyrrole nitrogens is 1. The molecular formula is C19H20N2O3. The molecule has 1 atom stereocenters. The van der Waals surface area contributed by atoms with Gasteiger partial charge >= 0.3 is 5.97 Å². The van der Waals surface area contributed by atoms with E-state index in [9.17, 15) is 9.90 Å². The Hall–Kier alpha value is -2.82. The maximum absolute atomic E-state index is 11.9. The van der Waals surface area contributed by atoms with Crippen LogP contribution in [0.2, 0.25) is 0 Å². The predicted molar refractivity (Wildman–Crippen MR) is 92.4 cm³/mol. The summed E-state index contributed by atoms with van der Waals surface area (Å²) in [5.74, 6) is -0.871. The van der Waals surface area contributed by atoms with Crippen LogP contribution in [0.5, 0.6) is 5.75 Å². The van der Waals surface area contributed by atoms with Crippen molar-refractivity contribution < 1.29 is 14.6 Å². The van der Waals surface area contributed by atoms with E-state index in [2.05, 4.69) is 9.97 Å². The molecule has 2 N–H and O–H groups in total. The molecule has 2 heterocycles. The van der Waals surface area contributed by atoms with Crippen molar-refractivity contribution in [3.8, 4) is 5.75 Å². The largest absolute Gasteiger partial charge is 0.490 e. The number of carboxylic acids is 1. The molecule has 0 aliphatic carbocycles. The topological polar surface area (TPSA) is 75.2 Å². The zero-order valence-corrected chi connectivity index (χ0v) is 13.7. The van der Waals surface area contributed by atoms with E-state index in [0.717, 1.165) is 10.9 Å². The first-order chi connectivity index (χ1) is 11.6. The first kappa shape index (κ1) is 16.1. The third-order valence-electron chi connectivity index (χ3n) is 3.88. The lowest BCUT2D eigenvalue weighted by Crippen LogP contribution is -2.14. The minimum absolute atomic E-state index is 0.00393. The number of carboxylic acid groups (broad SMARTS) is 1. The lowest BCUT2D eigenvalue weighted by atomic mass is 9.92. The summed E-state index contributed by atoms with van der Waals surface area (Å²) in [5, 5.41) is 10.5. The molecule has 0 fully saturated rings. The second-order valence-corrected chi connectivity index (χ2v) is 6.02. The molecule has 0 bridgehead atoms. The molecule has 0 aliphatic rings. The van der Waals surface area contributed by atoms with Gasteiger partial charge in [-0.25, -0.2) is 4.98 Å². The van der Waals surface area contributed by atoms with Crippen LogP contribution in [0.15, 0.2) is 48.8 Å². The molecule has 0 spiro atoms. The fourth-order valence-corrected chi connectivity index (χ4v) is 2.86. The highest BCUT2D eigenvalue weighted by molar-refractivity contribution is 5.91. The molecule has 24 heavy (non-hydrogen) atoms. The van der Waals surface area contributed by atoms with Crippen LogP contribution in [-0.4, -0.2) is 27.1 Å². The molecule has 3 aromatic rings. The number of aromatic nitrogens is 2. The highest BCUT2D eigenvalue weighted by Crippen LogP contribution is 2.34. The number of pyridine rings is 1. The minimum Gasteiger partial charge on any atom is -0.490 e. The SMILES string of the molecule is CC(C)Oc1ccnc2[nH]cc(C(Cc3ccccc3)C(=O)O)c12. The van der Waals surface area contributed by atoms with Gasteiger partial charge in [0.05, 0.1) is 17.4 Å². The summed E-state index contributed by atoms with van der Waals surface area (Å²) < 4.78 is 5.85. The van der Waals surface area contributed by atoms with E-state index in [1.807, 2.05) is 44.2 Å². The van der Waals surface area contributed by atoms with Crippen molar-refractivity contribution in [2.45, 2.75) is 32.3 Å². The quantitative estimate of drug-likeness (QED) is 0.724. The minimum atomic E-state index is -0.862. The van der Waals surface area contributed by atoms with E-state index < -0.39 is 11.9 Å². The van der Waals surface area contributed by atoms with Crippen LogP contribution >= 0.6 is 0 Å². The number of aromatic amines is 1. The van der Waals surface area contributed by atoms with Crippen LogP contribution in [-0.2, 0) is 11.2 Å². The third-order valence-corrected chi connectivity index (χ3v) is 3.88. The Bertz CT molecular complexity index is 840. The second kappa shape index (κ2) is 6.74. The number of nitrogens with zero attached hydrogens (tertiary/aromatic N) is 1. The summed E-state index contributed by atoms with van der Waals surface area (Å²) in [6.45, 7) is 3.88. The van der Waals surface area contributed by atoms with Gasteiger partial charge in [-0.3, -0.25) is 4.79 Å². The number of benzene rings is 1. The Morgan fingerprint density at radius 3 is 2.67 bits per heavy atom. The molecule has 0 aliphatic heterocycles. The summed E-state index contributed by atoms with van der Waals surface area (Å²) >= 11 is 0. The number of nitrogens with one attached hydrogen (secondary N) is 1. The van der Waals surface area contributed by atoms with Crippen LogP contribution in [0.25, 0.3) is 11.0 Å². The van der Waals surface area contributed by atoms with Crippen molar-refractivity contribution in [1.29, 1.82) is 0 Å². The van der Waals surface area contributed by atoms with Crippen molar-refractivity contribution in [3.63, 3.8) is 0 Å². The first-order valence-corrected chi connectivity index (χ1v) is 7.95. The van der Waals surface area contributed by atoms with E-state index in [0.29, 0.717) is 23.4 Å². The van der Waals surface area contributed by atoms with Gasteiger partial charge in [-0.05, 0) is 37.5 Å². The Morgan fingerprint density at radius 1 is 1.25 bits per heavy atom. The maximum Gasteiger partial charge on any atom is 0.311 e. The summed E-state index contributed by atoms with van der Waals surface area (Å²) in [6, 6.07) is 11.4. The Kier molecular flexibility index (Phi) is 4.51. The zero-order valence-electron chi connectivity index (χ0n) is 13.7. The molecule has 2 aromatic heterocycles. The van der Waals surface area contributed by atoms with Crippen molar-refractivity contribution in [1.82, 2.24) is 9.97 Å². The van der Waals surface area contributed by atoms with Gasteiger partial charge in [-0.1, -0.05) is 30.3 Å². The van der Waals surface area contributed by atoms with Crippen LogP contribution in [0.3, 0.4) is 0 Å². The number of ether oxygens (including phenoxy) is 1. The molecule has 0 saturated carbocycles. The van der Waals surface area contributed by atoms with Crippen molar-refractivity contribution in [2.24, 2.45) is 0 Å². The molecule has 5 nitrogen and oxygen atoms in total. The number of carbonyl (C=O) groups is 1. The third kappa shape index (κ3) is 3.25. The average molecular weight is 324 g/mol. The molecule has 5 heteroatoms. The van der Waals surface area contributed by atoms with Gasteiger partial charge in [-0.2, -0.15) is 0 Å². The molecule has 0 saturated heterocycles.